The zero-order valence-electron chi connectivity index (χ0n) is 14.1. The quantitative estimate of drug-likeness (QED) is 0.407. The molecule has 5 heteroatoms. The van der Waals surface area contributed by atoms with Gasteiger partial charge in [0.2, 0.25) is 0 Å². The van der Waals surface area contributed by atoms with Crippen LogP contribution in [0.2, 0.25) is 0 Å². The van der Waals surface area contributed by atoms with Crippen LogP contribution in [0.1, 0.15) is 41.5 Å². The average Bonchev–Trinajstić information content (AvgIpc) is 2.37. The van der Waals surface area contributed by atoms with Crippen molar-refractivity contribution in [2.24, 2.45) is 0 Å². The lowest BCUT2D eigenvalue weighted by atomic mass is 10.4. The molecule has 0 aliphatic heterocycles. The second-order valence-electron chi connectivity index (χ2n) is 4.83. The van der Waals surface area contributed by atoms with Crippen molar-refractivity contribution in [2.45, 2.75) is 78.9 Å². The zero-order valence-corrected chi connectivity index (χ0v) is 14.1. The van der Waals surface area contributed by atoms with Gasteiger partial charge in [0.05, 0.1) is 12.2 Å². The van der Waals surface area contributed by atoms with E-state index in [9.17, 15) is 0 Å². The van der Waals surface area contributed by atoms with Crippen LogP contribution in [0.25, 0.3) is 0 Å². The van der Waals surface area contributed by atoms with E-state index in [1.165, 1.54) is 0 Å². The van der Waals surface area contributed by atoms with Crippen molar-refractivity contribution in [3.63, 3.8) is 0 Å². The summed E-state index contributed by atoms with van der Waals surface area (Å²) in [5.41, 5.74) is 0. The molecule has 0 fully saturated rings. The standard InChI is InChI=1S/C16H30O5/c1-9-11(3)17-13(5)19-15(7)21-16(8)20-14(6)18-12(4)10-2/h9-16H,1-2H2,3-8H3. The van der Waals surface area contributed by atoms with E-state index < -0.39 is 25.2 Å². The summed E-state index contributed by atoms with van der Waals surface area (Å²) in [6.07, 6.45) is 1.55. The van der Waals surface area contributed by atoms with Crippen LogP contribution in [-0.4, -0.2) is 37.4 Å². The molecule has 0 aliphatic carbocycles. The topological polar surface area (TPSA) is 46.2 Å². The van der Waals surface area contributed by atoms with Crippen LogP contribution < -0.4 is 0 Å². The normalized spacial score (nSPS) is 20.1. The van der Waals surface area contributed by atoms with Gasteiger partial charge in [0.25, 0.3) is 0 Å². The third-order valence-electron chi connectivity index (χ3n) is 2.63. The minimum absolute atomic E-state index is 0.0744. The molecule has 5 nitrogen and oxygen atoms in total. The summed E-state index contributed by atoms with van der Waals surface area (Å²) in [4.78, 5) is 0. The van der Waals surface area contributed by atoms with Crippen LogP contribution in [0.15, 0.2) is 25.3 Å². The minimum atomic E-state index is -0.462. The largest absolute Gasteiger partial charge is 0.346 e. The highest BCUT2D eigenvalue weighted by molar-refractivity contribution is 4.75. The lowest BCUT2D eigenvalue weighted by molar-refractivity contribution is -0.309. The highest BCUT2D eigenvalue weighted by Gasteiger charge is 2.17. The fourth-order valence-corrected chi connectivity index (χ4v) is 1.65. The highest BCUT2D eigenvalue weighted by atomic mass is 16.8. The second kappa shape index (κ2) is 10.9. The Labute approximate surface area is 128 Å². The zero-order chi connectivity index (χ0) is 16.4. The summed E-state index contributed by atoms with van der Waals surface area (Å²) >= 11 is 0. The average molecular weight is 302 g/mol. The fraction of sp³-hybridized carbons (Fsp3) is 0.750. The van der Waals surface area contributed by atoms with Gasteiger partial charge in [0.1, 0.15) is 0 Å². The number of hydrogen-bond acceptors (Lipinski definition) is 5. The van der Waals surface area contributed by atoms with Crippen molar-refractivity contribution in [1.82, 2.24) is 0 Å². The Morgan fingerprint density at radius 3 is 1.00 bits per heavy atom. The van der Waals surface area contributed by atoms with E-state index in [0.29, 0.717) is 0 Å². The maximum atomic E-state index is 5.57. The van der Waals surface area contributed by atoms with Crippen LogP contribution >= 0.6 is 0 Å². The fourth-order valence-electron chi connectivity index (χ4n) is 1.65. The summed E-state index contributed by atoms with van der Waals surface area (Å²) in [7, 11) is 0. The Hall–Kier alpha value is -0.720. The van der Waals surface area contributed by atoms with Crippen LogP contribution in [0.5, 0.6) is 0 Å². The van der Waals surface area contributed by atoms with Gasteiger partial charge < -0.3 is 23.7 Å². The summed E-state index contributed by atoms with van der Waals surface area (Å²) < 4.78 is 27.7. The molecule has 124 valence electrons. The van der Waals surface area contributed by atoms with Gasteiger partial charge in [-0.15, -0.1) is 13.2 Å². The molecule has 0 amide bonds. The minimum Gasteiger partial charge on any atom is -0.346 e. The van der Waals surface area contributed by atoms with Crippen molar-refractivity contribution in [1.29, 1.82) is 0 Å². The molecule has 0 N–H and O–H groups in total. The van der Waals surface area contributed by atoms with Gasteiger partial charge in [-0.05, 0) is 41.5 Å². The van der Waals surface area contributed by atoms with E-state index in [1.807, 2.05) is 27.7 Å². The SMILES string of the molecule is C=CC(C)OC(C)OC(C)OC(C)OC(C)OC(C)C=C. The van der Waals surface area contributed by atoms with Gasteiger partial charge in [0, 0.05) is 0 Å². The molecule has 0 heterocycles. The number of rotatable bonds is 12. The van der Waals surface area contributed by atoms with Gasteiger partial charge >= 0.3 is 0 Å². The molecule has 0 aromatic carbocycles. The third kappa shape index (κ3) is 10.6. The van der Waals surface area contributed by atoms with Gasteiger partial charge in [-0.2, -0.15) is 0 Å². The van der Waals surface area contributed by atoms with E-state index in [4.69, 9.17) is 23.7 Å². The molecule has 0 spiro atoms. The molecule has 0 aromatic rings. The predicted molar refractivity (Wildman–Crippen MR) is 82.6 cm³/mol. The van der Waals surface area contributed by atoms with Crippen molar-refractivity contribution in [3.8, 4) is 0 Å². The third-order valence-corrected chi connectivity index (χ3v) is 2.63. The molecular weight excluding hydrogens is 272 g/mol. The first-order valence-corrected chi connectivity index (χ1v) is 7.30. The molecule has 0 bridgehead atoms. The maximum Gasteiger partial charge on any atom is 0.161 e. The molecular formula is C16H30O5. The van der Waals surface area contributed by atoms with Gasteiger partial charge in [-0.3, -0.25) is 0 Å². The number of ether oxygens (including phenoxy) is 5. The van der Waals surface area contributed by atoms with Crippen LogP contribution in [0.4, 0.5) is 0 Å². The Kier molecular flexibility index (Phi) is 10.6. The molecule has 0 saturated carbocycles. The predicted octanol–water partition coefficient (Wildman–Crippen LogP) is 3.60. The van der Waals surface area contributed by atoms with Gasteiger partial charge in [0.15, 0.2) is 25.2 Å². The van der Waals surface area contributed by atoms with E-state index in [0.717, 1.165) is 0 Å². The summed E-state index contributed by atoms with van der Waals surface area (Å²) in [6.45, 7) is 18.3. The first-order valence-electron chi connectivity index (χ1n) is 7.30. The Morgan fingerprint density at radius 2 is 0.762 bits per heavy atom. The van der Waals surface area contributed by atoms with Crippen molar-refractivity contribution in [3.05, 3.63) is 25.3 Å². The summed E-state index contributed by atoms with van der Waals surface area (Å²) in [5, 5.41) is 0. The lowest BCUT2D eigenvalue weighted by Gasteiger charge is -2.26. The molecule has 0 aromatic heterocycles. The molecule has 0 radical (unpaired) electrons. The summed E-state index contributed by atoms with van der Waals surface area (Å²) in [6, 6.07) is 0. The Morgan fingerprint density at radius 1 is 0.524 bits per heavy atom. The van der Waals surface area contributed by atoms with E-state index >= 15 is 0 Å². The maximum absolute atomic E-state index is 5.57. The van der Waals surface area contributed by atoms with Crippen LogP contribution in [0.3, 0.4) is 0 Å². The first kappa shape index (κ1) is 20.3. The molecule has 6 unspecified atom stereocenters. The molecule has 0 aliphatic rings. The van der Waals surface area contributed by atoms with E-state index in [1.54, 1.807) is 26.0 Å². The molecule has 6 atom stereocenters. The Balaban J connectivity index is 3.99. The van der Waals surface area contributed by atoms with Gasteiger partial charge in [-0.1, -0.05) is 12.2 Å². The highest BCUT2D eigenvalue weighted by Crippen LogP contribution is 2.10. The smallest absolute Gasteiger partial charge is 0.161 e. The molecule has 21 heavy (non-hydrogen) atoms. The Bertz CT molecular complexity index is 266. The summed E-state index contributed by atoms with van der Waals surface area (Å²) in [5.74, 6) is 0. The molecule has 0 saturated heterocycles. The number of hydrogen-bond donors (Lipinski definition) is 0. The van der Waals surface area contributed by atoms with Gasteiger partial charge in [-0.25, -0.2) is 0 Å². The molecule has 0 rings (SSSR count). The van der Waals surface area contributed by atoms with Crippen LogP contribution in [-0.2, 0) is 23.7 Å². The lowest BCUT2D eigenvalue weighted by Crippen LogP contribution is -2.31. The van der Waals surface area contributed by atoms with E-state index in [2.05, 4.69) is 13.2 Å². The van der Waals surface area contributed by atoms with E-state index in [-0.39, 0.29) is 12.2 Å². The van der Waals surface area contributed by atoms with Crippen molar-refractivity contribution >= 4 is 0 Å². The second-order valence-corrected chi connectivity index (χ2v) is 4.83. The first-order chi connectivity index (χ1) is 9.78. The van der Waals surface area contributed by atoms with Crippen molar-refractivity contribution < 1.29 is 23.7 Å². The monoisotopic (exact) mass is 302 g/mol. The van der Waals surface area contributed by atoms with Crippen molar-refractivity contribution in [2.75, 3.05) is 0 Å². The van der Waals surface area contributed by atoms with Crippen LogP contribution in [0, 0.1) is 0 Å².